The number of rotatable bonds is 7. The third-order valence-corrected chi connectivity index (χ3v) is 4.68. The summed E-state index contributed by atoms with van der Waals surface area (Å²) in [6.07, 6.45) is 4.00. The van der Waals surface area contributed by atoms with Crippen LogP contribution in [0.3, 0.4) is 0 Å². The molecule has 2 aromatic rings. The van der Waals surface area contributed by atoms with Gasteiger partial charge >= 0.3 is 0 Å². The molecule has 0 saturated heterocycles. The van der Waals surface area contributed by atoms with Gasteiger partial charge in [0.05, 0.1) is 6.04 Å². The third kappa shape index (κ3) is 4.13. The normalized spacial score (nSPS) is 12.6. The molecule has 0 aliphatic carbocycles. The van der Waals surface area contributed by atoms with Gasteiger partial charge < -0.3 is 11.1 Å². The van der Waals surface area contributed by atoms with Crippen molar-refractivity contribution in [3.05, 3.63) is 51.5 Å². The molecule has 0 spiro atoms. The summed E-state index contributed by atoms with van der Waals surface area (Å²) in [5.41, 5.74) is 8.16. The molecule has 0 radical (unpaired) electrons. The molecule has 0 bridgehead atoms. The van der Waals surface area contributed by atoms with Gasteiger partial charge in [-0.2, -0.15) is 0 Å². The van der Waals surface area contributed by atoms with Crippen LogP contribution in [0.15, 0.2) is 30.5 Å². The first-order chi connectivity index (χ1) is 9.72. The van der Waals surface area contributed by atoms with E-state index in [9.17, 15) is 0 Å². The number of benzene rings is 1. The van der Waals surface area contributed by atoms with Gasteiger partial charge in [-0.1, -0.05) is 31.2 Å². The van der Waals surface area contributed by atoms with Crippen molar-refractivity contribution in [2.24, 2.45) is 5.73 Å². The number of aromatic nitrogens is 1. The maximum Gasteiger partial charge on any atom is 0.109 e. The van der Waals surface area contributed by atoms with Crippen molar-refractivity contribution in [3.8, 4) is 0 Å². The molecule has 1 heterocycles. The van der Waals surface area contributed by atoms with Crippen molar-refractivity contribution in [1.29, 1.82) is 0 Å². The van der Waals surface area contributed by atoms with Crippen molar-refractivity contribution >= 4 is 11.3 Å². The predicted molar refractivity (Wildman–Crippen MR) is 85.9 cm³/mol. The second-order valence-electron chi connectivity index (χ2n) is 4.98. The van der Waals surface area contributed by atoms with Gasteiger partial charge in [0.25, 0.3) is 0 Å². The zero-order valence-corrected chi connectivity index (χ0v) is 13.0. The van der Waals surface area contributed by atoms with Crippen LogP contribution >= 0.6 is 11.3 Å². The summed E-state index contributed by atoms with van der Waals surface area (Å²) >= 11 is 1.80. The predicted octanol–water partition coefficient (Wildman–Crippen LogP) is 3.06. The average Bonchev–Trinajstić information content (AvgIpc) is 2.95. The van der Waals surface area contributed by atoms with E-state index in [0.717, 1.165) is 19.4 Å². The number of hydrogen-bond donors (Lipinski definition) is 2. The first-order valence-corrected chi connectivity index (χ1v) is 8.00. The van der Waals surface area contributed by atoms with E-state index >= 15 is 0 Å². The lowest BCUT2D eigenvalue weighted by Crippen LogP contribution is -2.17. The Morgan fingerprint density at radius 3 is 2.55 bits per heavy atom. The Kier molecular flexibility index (Phi) is 5.71. The summed E-state index contributed by atoms with van der Waals surface area (Å²) in [6.45, 7) is 5.91. The Hall–Kier alpha value is -1.23. The third-order valence-electron chi connectivity index (χ3n) is 3.36. The fourth-order valence-corrected chi connectivity index (χ4v) is 2.92. The Labute approximate surface area is 125 Å². The first-order valence-electron chi connectivity index (χ1n) is 7.18. The standard InChI is InChI=1S/C16H23N3S/c1-3-15-11-19-16(20-15)12(2)18-10-14-6-4-13(5-7-14)8-9-17/h4-7,11-12,18H,3,8-10,17H2,1-2H3. The highest BCUT2D eigenvalue weighted by molar-refractivity contribution is 7.11. The topological polar surface area (TPSA) is 50.9 Å². The lowest BCUT2D eigenvalue weighted by atomic mass is 10.1. The zero-order valence-electron chi connectivity index (χ0n) is 12.2. The van der Waals surface area contributed by atoms with Crippen LogP contribution in [-0.2, 0) is 19.4 Å². The molecule has 1 aromatic carbocycles. The fourth-order valence-electron chi connectivity index (χ4n) is 2.03. The van der Waals surface area contributed by atoms with Crippen molar-refractivity contribution < 1.29 is 0 Å². The molecule has 3 nitrogen and oxygen atoms in total. The highest BCUT2D eigenvalue weighted by atomic mass is 32.1. The van der Waals surface area contributed by atoms with E-state index in [2.05, 4.69) is 48.4 Å². The van der Waals surface area contributed by atoms with Crippen molar-refractivity contribution in [2.75, 3.05) is 6.54 Å². The Morgan fingerprint density at radius 1 is 1.25 bits per heavy atom. The van der Waals surface area contributed by atoms with Crippen LogP contribution < -0.4 is 11.1 Å². The van der Waals surface area contributed by atoms with Gasteiger partial charge in [0, 0.05) is 17.6 Å². The number of nitrogens with zero attached hydrogens (tertiary/aromatic N) is 1. The van der Waals surface area contributed by atoms with Crippen LogP contribution in [-0.4, -0.2) is 11.5 Å². The second kappa shape index (κ2) is 7.53. The number of thiazole rings is 1. The number of nitrogens with two attached hydrogens (primary N) is 1. The minimum absolute atomic E-state index is 0.295. The van der Waals surface area contributed by atoms with E-state index in [1.54, 1.807) is 11.3 Å². The van der Waals surface area contributed by atoms with E-state index in [1.807, 2.05) is 6.20 Å². The Bertz CT molecular complexity index is 519. The van der Waals surface area contributed by atoms with Gasteiger partial charge in [-0.15, -0.1) is 11.3 Å². The number of nitrogens with one attached hydrogen (secondary N) is 1. The summed E-state index contributed by atoms with van der Waals surface area (Å²) in [5.74, 6) is 0. The van der Waals surface area contributed by atoms with Gasteiger partial charge in [0.2, 0.25) is 0 Å². The SMILES string of the molecule is CCc1cnc(C(C)NCc2ccc(CCN)cc2)s1. The minimum atomic E-state index is 0.295. The van der Waals surface area contributed by atoms with E-state index in [4.69, 9.17) is 5.73 Å². The fraction of sp³-hybridized carbons (Fsp3) is 0.438. The average molecular weight is 289 g/mol. The lowest BCUT2D eigenvalue weighted by molar-refractivity contribution is 0.572. The monoisotopic (exact) mass is 289 g/mol. The van der Waals surface area contributed by atoms with Crippen molar-refractivity contribution in [2.45, 2.75) is 39.3 Å². The first kappa shape index (κ1) is 15.2. The molecule has 1 unspecified atom stereocenters. The van der Waals surface area contributed by atoms with Crippen LogP contribution in [0.4, 0.5) is 0 Å². The minimum Gasteiger partial charge on any atom is -0.330 e. The Balaban J connectivity index is 1.87. The molecule has 0 saturated carbocycles. The zero-order chi connectivity index (χ0) is 14.4. The van der Waals surface area contributed by atoms with Crippen LogP contribution in [0.25, 0.3) is 0 Å². The molecule has 1 atom stereocenters. The van der Waals surface area contributed by atoms with Crippen LogP contribution in [0.2, 0.25) is 0 Å². The molecule has 1 aromatic heterocycles. The quantitative estimate of drug-likeness (QED) is 0.823. The van der Waals surface area contributed by atoms with Gasteiger partial charge in [0.1, 0.15) is 5.01 Å². The van der Waals surface area contributed by atoms with Gasteiger partial charge in [-0.25, -0.2) is 4.98 Å². The highest BCUT2D eigenvalue weighted by Crippen LogP contribution is 2.20. The molecule has 3 N–H and O–H groups in total. The molecular formula is C16H23N3S. The second-order valence-corrected chi connectivity index (χ2v) is 6.12. The molecule has 0 aliphatic rings. The smallest absolute Gasteiger partial charge is 0.109 e. The number of hydrogen-bond acceptors (Lipinski definition) is 4. The molecule has 4 heteroatoms. The molecule has 0 aliphatic heterocycles. The van der Waals surface area contributed by atoms with E-state index < -0.39 is 0 Å². The van der Waals surface area contributed by atoms with Gasteiger partial charge in [-0.05, 0) is 37.4 Å². The largest absolute Gasteiger partial charge is 0.330 e. The molecule has 108 valence electrons. The van der Waals surface area contributed by atoms with E-state index in [1.165, 1.54) is 21.0 Å². The van der Waals surface area contributed by atoms with Gasteiger partial charge in [0.15, 0.2) is 0 Å². The van der Waals surface area contributed by atoms with Crippen molar-refractivity contribution in [3.63, 3.8) is 0 Å². The molecule has 2 rings (SSSR count). The molecule has 0 amide bonds. The molecule has 0 fully saturated rings. The molecule has 20 heavy (non-hydrogen) atoms. The van der Waals surface area contributed by atoms with Gasteiger partial charge in [-0.3, -0.25) is 0 Å². The lowest BCUT2D eigenvalue weighted by Gasteiger charge is -2.11. The van der Waals surface area contributed by atoms with Crippen LogP contribution in [0.1, 0.15) is 40.9 Å². The summed E-state index contributed by atoms with van der Waals surface area (Å²) in [4.78, 5) is 5.83. The molecular weight excluding hydrogens is 266 g/mol. The van der Waals surface area contributed by atoms with Crippen molar-refractivity contribution in [1.82, 2.24) is 10.3 Å². The maximum atomic E-state index is 5.56. The summed E-state index contributed by atoms with van der Waals surface area (Å²) in [6, 6.07) is 8.96. The van der Waals surface area contributed by atoms with E-state index in [-0.39, 0.29) is 0 Å². The highest BCUT2D eigenvalue weighted by Gasteiger charge is 2.09. The number of aryl methyl sites for hydroxylation is 1. The summed E-state index contributed by atoms with van der Waals surface area (Å²) in [7, 11) is 0. The van der Waals surface area contributed by atoms with Crippen LogP contribution in [0.5, 0.6) is 0 Å². The summed E-state index contributed by atoms with van der Waals surface area (Å²) in [5, 5.41) is 4.70. The van der Waals surface area contributed by atoms with Crippen LogP contribution in [0, 0.1) is 0 Å². The summed E-state index contributed by atoms with van der Waals surface area (Å²) < 4.78 is 0. The van der Waals surface area contributed by atoms with E-state index in [0.29, 0.717) is 12.6 Å². The maximum absolute atomic E-state index is 5.56. The Morgan fingerprint density at radius 2 is 1.95 bits per heavy atom.